The number of carboxylic acid groups (broad SMARTS) is 1. The summed E-state index contributed by atoms with van der Waals surface area (Å²) in [5, 5.41) is 12.3. The second-order valence-corrected chi connectivity index (χ2v) is 7.75. The molecule has 130 valence electrons. The van der Waals surface area contributed by atoms with Crippen molar-refractivity contribution in [2.24, 2.45) is 0 Å². The van der Waals surface area contributed by atoms with Crippen molar-refractivity contribution in [3.8, 4) is 5.75 Å². The van der Waals surface area contributed by atoms with Crippen LogP contribution in [0.15, 0.2) is 18.2 Å². The number of aromatic nitrogens is 1. The van der Waals surface area contributed by atoms with Crippen LogP contribution in [0.3, 0.4) is 0 Å². The summed E-state index contributed by atoms with van der Waals surface area (Å²) >= 11 is 0. The third-order valence-electron chi connectivity index (χ3n) is 3.38. The molecular weight excluding hydrogens is 348 g/mol. The van der Waals surface area contributed by atoms with Crippen molar-refractivity contribution in [3.05, 3.63) is 29.5 Å². The normalized spacial score (nSPS) is 10.8. The Labute approximate surface area is 148 Å². The third-order valence-corrected chi connectivity index (χ3v) is 5.79. The van der Waals surface area contributed by atoms with Crippen LogP contribution in [0.25, 0.3) is 10.9 Å². The number of aromatic amines is 1. The van der Waals surface area contributed by atoms with Crippen LogP contribution in [0.2, 0.25) is 0 Å². The zero-order chi connectivity index (χ0) is 17.5. The average molecular weight is 368 g/mol. The SMILES string of the molecule is COc1cccc2c(C(=O)NCCSSCCC(=O)O)c(C)[nH]c12. The molecule has 0 unspecified atom stereocenters. The predicted octanol–water partition coefficient (Wildman–Crippen LogP) is 3.07. The number of para-hydroxylation sites is 1. The molecule has 1 amide bonds. The lowest BCUT2D eigenvalue weighted by molar-refractivity contribution is -0.136. The van der Waals surface area contributed by atoms with Crippen LogP contribution in [0.5, 0.6) is 5.75 Å². The summed E-state index contributed by atoms with van der Waals surface area (Å²) in [5.74, 6) is 1.08. The highest BCUT2D eigenvalue weighted by molar-refractivity contribution is 8.76. The fraction of sp³-hybridized carbons (Fsp3) is 0.375. The van der Waals surface area contributed by atoms with Crippen LogP contribution < -0.4 is 10.1 Å². The van der Waals surface area contributed by atoms with E-state index < -0.39 is 5.97 Å². The van der Waals surface area contributed by atoms with Gasteiger partial charge in [-0.1, -0.05) is 33.7 Å². The maximum absolute atomic E-state index is 12.5. The van der Waals surface area contributed by atoms with Crippen molar-refractivity contribution in [3.63, 3.8) is 0 Å². The van der Waals surface area contributed by atoms with Gasteiger partial charge in [0, 0.05) is 29.1 Å². The molecule has 1 aromatic heterocycles. The number of rotatable bonds is 9. The molecule has 2 rings (SSSR count). The van der Waals surface area contributed by atoms with Gasteiger partial charge in [0.25, 0.3) is 5.91 Å². The van der Waals surface area contributed by atoms with Crippen LogP contribution in [-0.4, -0.2) is 47.1 Å². The summed E-state index contributed by atoms with van der Waals surface area (Å²) in [5.41, 5.74) is 2.25. The maximum Gasteiger partial charge on any atom is 0.304 e. The van der Waals surface area contributed by atoms with E-state index in [0.717, 1.165) is 22.3 Å². The first-order valence-corrected chi connectivity index (χ1v) is 9.93. The smallest absolute Gasteiger partial charge is 0.304 e. The van der Waals surface area contributed by atoms with Crippen LogP contribution >= 0.6 is 21.6 Å². The zero-order valence-corrected chi connectivity index (χ0v) is 15.2. The molecule has 0 atom stereocenters. The van der Waals surface area contributed by atoms with Gasteiger partial charge in [-0.3, -0.25) is 9.59 Å². The van der Waals surface area contributed by atoms with E-state index in [1.54, 1.807) is 17.9 Å². The summed E-state index contributed by atoms with van der Waals surface area (Å²) in [6.07, 6.45) is 0.153. The Kier molecular flexibility index (Phi) is 6.86. The summed E-state index contributed by atoms with van der Waals surface area (Å²) in [6, 6.07) is 5.61. The molecular formula is C16H20N2O4S2. The molecule has 8 heteroatoms. The highest BCUT2D eigenvalue weighted by Crippen LogP contribution is 2.29. The first-order chi connectivity index (χ1) is 11.5. The van der Waals surface area contributed by atoms with Crippen molar-refractivity contribution in [1.29, 1.82) is 0 Å². The standard InChI is InChI=1S/C16H20N2O4S2/c1-10-14(11-4-3-5-12(22-2)15(11)18-10)16(21)17-7-9-24-23-8-6-13(19)20/h3-5,18H,6-9H2,1-2H3,(H,17,21)(H,19,20). The molecule has 6 nitrogen and oxygen atoms in total. The van der Waals surface area contributed by atoms with Gasteiger partial charge in [-0.15, -0.1) is 0 Å². The van der Waals surface area contributed by atoms with E-state index in [2.05, 4.69) is 10.3 Å². The van der Waals surface area contributed by atoms with Crippen molar-refractivity contribution in [1.82, 2.24) is 10.3 Å². The topological polar surface area (TPSA) is 91.4 Å². The largest absolute Gasteiger partial charge is 0.495 e. The number of hydrogen-bond donors (Lipinski definition) is 3. The number of carbonyl (C=O) groups is 2. The van der Waals surface area contributed by atoms with Crippen molar-refractivity contribution < 1.29 is 19.4 Å². The van der Waals surface area contributed by atoms with Crippen molar-refractivity contribution >= 4 is 44.4 Å². The van der Waals surface area contributed by atoms with Crippen LogP contribution in [0.1, 0.15) is 22.5 Å². The summed E-state index contributed by atoms with van der Waals surface area (Å²) < 4.78 is 5.32. The first kappa shape index (κ1) is 18.5. The van der Waals surface area contributed by atoms with E-state index >= 15 is 0 Å². The number of aryl methyl sites for hydroxylation is 1. The molecule has 0 saturated heterocycles. The molecule has 2 aromatic rings. The second kappa shape index (κ2) is 8.89. The number of methoxy groups -OCH3 is 1. The van der Waals surface area contributed by atoms with E-state index in [0.29, 0.717) is 23.6 Å². The minimum Gasteiger partial charge on any atom is -0.495 e. The van der Waals surface area contributed by atoms with E-state index in [1.165, 1.54) is 10.8 Å². The fourth-order valence-corrected chi connectivity index (χ4v) is 4.21. The number of ether oxygens (including phenoxy) is 1. The number of amides is 1. The summed E-state index contributed by atoms with van der Waals surface area (Å²) in [6.45, 7) is 2.39. The highest BCUT2D eigenvalue weighted by Gasteiger charge is 2.17. The average Bonchev–Trinajstić information content (AvgIpc) is 2.89. The zero-order valence-electron chi connectivity index (χ0n) is 13.5. The Morgan fingerprint density at radius 3 is 2.75 bits per heavy atom. The van der Waals surface area contributed by atoms with Gasteiger partial charge in [0.1, 0.15) is 5.75 Å². The Balaban J connectivity index is 1.90. The number of aliphatic carboxylic acids is 1. The molecule has 0 fully saturated rings. The Bertz CT molecular complexity index is 730. The molecule has 24 heavy (non-hydrogen) atoms. The first-order valence-electron chi connectivity index (χ1n) is 7.44. The number of fused-ring (bicyclic) bond motifs is 1. The van der Waals surface area contributed by atoms with Gasteiger partial charge in [-0.2, -0.15) is 0 Å². The molecule has 0 aliphatic rings. The van der Waals surface area contributed by atoms with E-state index in [9.17, 15) is 9.59 Å². The van der Waals surface area contributed by atoms with Gasteiger partial charge < -0.3 is 20.1 Å². The van der Waals surface area contributed by atoms with Crippen LogP contribution in [-0.2, 0) is 4.79 Å². The fourth-order valence-electron chi connectivity index (χ4n) is 2.32. The van der Waals surface area contributed by atoms with Gasteiger partial charge in [0.2, 0.25) is 0 Å². The van der Waals surface area contributed by atoms with E-state index in [1.807, 2.05) is 25.1 Å². The third kappa shape index (κ3) is 4.61. The van der Waals surface area contributed by atoms with Gasteiger partial charge in [-0.25, -0.2) is 0 Å². The number of carbonyl (C=O) groups excluding carboxylic acids is 1. The Morgan fingerprint density at radius 1 is 1.29 bits per heavy atom. The lowest BCUT2D eigenvalue weighted by Crippen LogP contribution is -2.26. The molecule has 1 heterocycles. The summed E-state index contributed by atoms with van der Waals surface area (Å²) in [4.78, 5) is 26.1. The van der Waals surface area contributed by atoms with Crippen molar-refractivity contribution in [2.75, 3.05) is 25.2 Å². The quantitative estimate of drug-likeness (QED) is 0.465. The lowest BCUT2D eigenvalue weighted by Gasteiger charge is -2.05. The molecule has 0 bridgehead atoms. The minimum absolute atomic E-state index is 0.122. The molecule has 0 spiro atoms. The molecule has 0 radical (unpaired) electrons. The lowest BCUT2D eigenvalue weighted by atomic mass is 10.1. The van der Waals surface area contributed by atoms with Gasteiger partial charge in [0.15, 0.2) is 0 Å². The van der Waals surface area contributed by atoms with Crippen LogP contribution in [0, 0.1) is 6.92 Å². The van der Waals surface area contributed by atoms with Crippen LogP contribution in [0.4, 0.5) is 0 Å². The summed E-state index contributed by atoms with van der Waals surface area (Å²) in [7, 11) is 4.66. The van der Waals surface area contributed by atoms with Gasteiger partial charge in [-0.05, 0) is 13.0 Å². The molecule has 0 aliphatic heterocycles. The number of hydrogen-bond acceptors (Lipinski definition) is 5. The van der Waals surface area contributed by atoms with Crippen molar-refractivity contribution in [2.45, 2.75) is 13.3 Å². The van der Waals surface area contributed by atoms with Gasteiger partial charge in [0.05, 0.1) is 24.6 Å². The molecule has 3 N–H and O–H groups in total. The monoisotopic (exact) mass is 368 g/mol. The molecule has 1 aromatic carbocycles. The Hall–Kier alpha value is -1.80. The number of nitrogens with one attached hydrogen (secondary N) is 2. The number of carboxylic acids is 1. The second-order valence-electron chi connectivity index (χ2n) is 5.05. The number of H-pyrrole nitrogens is 1. The Morgan fingerprint density at radius 2 is 2.04 bits per heavy atom. The predicted molar refractivity (Wildman–Crippen MR) is 99.1 cm³/mol. The highest BCUT2D eigenvalue weighted by atomic mass is 33.1. The minimum atomic E-state index is -0.790. The number of benzene rings is 1. The molecule has 0 saturated carbocycles. The molecule has 0 aliphatic carbocycles. The maximum atomic E-state index is 12.5. The van der Waals surface area contributed by atoms with E-state index in [4.69, 9.17) is 9.84 Å². The van der Waals surface area contributed by atoms with Gasteiger partial charge >= 0.3 is 5.97 Å². The van der Waals surface area contributed by atoms with E-state index in [-0.39, 0.29) is 12.3 Å².